The molecule has 4 rings (SSSR count). The normalized spacial score (nSPS) is 11.3. The number of halogens is 3. The Morgan fingerprint density at radius 2 is 1.94 bits per heavy atom. The Balaban J connectivity index is 1.53. The van der Waals surface area contributed by atoms with Crippen LogP contribution >= 0.6 is 0 Å². The van der Waals surface area contributed by atoms with Gasteiger partial charge in [0.15, 0.2) is 5.69 Å². The molecule has 0 aliphatic carbocycles. The van der Waals surface area contributed by atoms with E-state index >= 15 is 0 Å². The lowest BCUT2D eigenvalue weighted by molar-refractivity contribution is -0.274. The molecule has 8 nitrogen and oxygen atoms in total. The van der Waals surface area contributed by atoms with Crippen molar-refractivity contribution in [3.05, 3.63) is 65.6 Å². The number of pyridine rings is 1. The molecule has 0 aliphatic rings. The number of aryl methyl sites for hydroxylation is 1. The van der Waals surface area contributed by atoms with Gasteiger partial charge in [-0.05, 0) is 55.0 Å². The highest BCUT2D eigenvalue weighted by Crippen LogP contribution is 2.27. The summed E-state index contributed by atoms with van der Waals surface area (Å²) in [7, 11) is 0. The first kappa shape index (κ1) is 20.1. The number of hydrogen-bond donors (Lipinski definition) is 0. The van der Waals surface area contributed by atoms with Gasteiger partial charge in [0.2, 0.25) is 5.82 Å². The molecule has 1 aromatic carbocycles. The summed E-state index contributed by atoms with van der Waals surface area (Å²) in [5.74, 6) is 0.0264. The zero-order valence-electron chi connectivity index (χ0n) is 16.0. The molecule has 0 saturated heterocycles. The van der Waals surface area contributed by atoms with Gasteiger partial charge >= 0.3 is 6.36 Å². The van der Waals surface area contributed by atoms with Crippen LogP contribution in [0.25, 0.3) is 23.0 Å². The van der Waals surface area contributed by atoms with Gasteiger partial charge in [0.05, 0.1) is 6.54 Å². The summed E-state index contributed by atoms with van der Waals surface area (Å²) in [6.07, 6.45) is -3.20. The topological polar surface area (TPSA) is 103 Å². The molecule has 11 heteroatoms. The van der Waals surface area contributed by atoms with Crippen molar-refractivity contribution in [2.24, 2.45) is 0 Å². The van der Waals surface area contributed by atoms with Crippen molar-refractivity contribution in [1.82, 2.24) is 24.9 Å². The molecule has 4 aromatic rings. The highest BCUT2D eigenvalue weighted by atomic mass is 19.4. The predicted molar refractivity (Wildman–Crippen MR) is 100 cm³/mol. The summed E-state index contributed by atoms with van der Waals surface area (Å²) < 4.78 is 47.7. The Bertz CT molecular complexity index is 1260. The van der Waals surface area contributed by atoms with E-state index in [4.69, 9.17) is 9.78 Å². The van der Waals surface area contributed by atoms with E-state index in [2.05, 4.69) is 25.0 Å². The van der Waals surface area contributed by atoms with Gasteiger partial charge in [-0.2, -0.15) is 15.3 Å². The van der Waals surface area contributed by atoms with Gasteiger partial charge in [-0.3, -0.25) is 4.68 Å². The van der Waals surface area contributed by atoms with Crippen LogP contribution in [0, 0.1) is 18.3 Å². The Labute approximate surface area is 173 Å². The molecule has 0 atom stereocenters. The molecule has 0 spiro atoms. The zero-order chi connectivity index (χ0) is 22.0. The first-order valence-corrected chi connectivity index (χ1v) is 8.90. The van der Waals surface area contributed by atoms with Gasteiger partial charge in [-0.15, -0.1) is 13.2 Å². The number of ether oxygens (including phenoxy) is 1. The highest BCUT2D eigenvalue weighted by Gasteiger charge is 2.31. The van der Waals surface area contributed by atoms with Crippen molar-refractivity contribution in [1.29, 1.82) is 5.26 Å². The van der Waals surface area contributed by atoms with Crippen LogP contribution in [-0.4, -0.2) is 31.3 Å². The predicted octanol–water partition coefficient (Wildman–Crippen LogP) is 4.12. The maximum Gasteiger partial charge on any atom is 0.573 e. The summed E-state index contributed by atoms with van der Waals surface area (Å²) in [5.41, 5.74) is 2.91. The second kappa shape index (κ2) is 7.91. The van der Waals surface area contributed by atoms with Gasteiger partial charge in [0.1, 0.15) is 17.5 Å². The summed E-state index contributed by atoms with van der Waals surface area (Å²) >= 11 is 0. The molecule has 0 fully saturated rings. The van der Waals surface area contributed by atoms with Crippen LogP contribution in [0.4, 0.5) is 13.2 Å². The van der Waals surface area contributed by atoms with Crippen LogP contribution < -0.4 is 4.74 Å². The zero-order valence-corrected chi connectivity index (χ0v) is 16.0. The molecule has 0 saturated carbocycles. The lowest BCUT2D eigenvalue weighted by Gasteiger charge is -2.08. The molecule has 31 heavy (non-hydrogen) atoms. The maximum absolute atomic E-state index is 12.3. The fourth-order valence-electron chi connectivity index (χ4n) is 2.83. The molecule has 0 radical (unpaired) electrons. The van der Waals surface area contributed by atoms with Crippen molar-refractivity contribution in [2.75, 3.05) is 0 Å². The third-order valence-electron chi connectivity index (χ3n) is 4.24. The average Bonchev–Trinajstić information content (AvgIpc) is 3.35. The third kappa shape index (κ3) is 4.69. The molecule has 156 valence electrons. The van der Waals surface area contributed by atoms with Crippen LogP contribution in [0.5, 0.6) is 5.75 Å². The fourth-order valence-corrected chi connectivity index (χ4v) is 2.83. The highest BCUT2D eigenvalue weighted by molar-refractivity contribution is 5.58. The maximum atomic E-state index is 12.3. The first-order valence-electron chi connectivity index (χ1n) is 8.90. The number of hydrogen-bond acceptors (Lipinski definition) is 7. The SMILES string of the molecule is Cc1cc(-c2nc(-c3ccc(OC(F)(F)F)cc3)no2)nn1Cc1ccnc(C#N)c1. The minimum Gasteiger partial charge on any atom is -0.406 e. The van der Waals surface area contributed by atoms with E-state index in [0.717, 1.165) is 11.3 Å². The van der Waals surface area contributed by atoms with Gasteiger partial charge in [-0.1, -0.05) is 5.16 Å². The second-order valence-electron chi connectivity index (χ2n) is 6.49. The summed E-state index contributed by atoms with van der Waals surface area (Å²) in [5, 5.41) is 17.3. The molecule has 0 aliphatic heterocycles. The minimum atomic E-state index is -4.76. The van der Waals surface area contributed by atoms with E-state index in [0.29, 0.717) is 23.5 Å². The Morgan fingerprint density at radius 1 is 1.16 bits per heavy atom. The van der Waals surface area contributed by atoms with Crippen LogP contribution in [0.1, 0.15) is 17.0 Å². The minimum absolute atomic E-state index is 0.167. The standard InChI is InChI=1S/C20H13F3N6O2/c1-12-8-17(27-29(12)11-13-6-7-25-15(9-13)10-24)19-26-18(28-31-19)14-2-4-16(5-3-14)30-20(21,22)23/h2-9H,11H2,1H3. The monoisotopic (exact) mass is 426 g/mol. The number of nitrogens with zero attached hydrogens (tertiary/aromatic N) is 6. The van der Waals surface area contributed by atoms with Gasteiger partial charge in [0.25, 0.3) is 5.89 Å². The average molecular weight is 426 g/mol. The quantitative estimate of drug-likeness (QED) is 0.473. The summed E-state index contributed by atoms with van der Waals surface area (Å²) in [6, 6.07) is 12.4. The van der Waals surface area contributed by atoms with E-state index in [1.807, 2.05) is 13.0 Å². The van der Waals surface area contributed by atoms with Gasteiger partial charge < -0.3 is 9.26 Å². The Kier molecular flexibility index (Phi) is 5.12. The van der Waals surface area contributed by atoms with E-state index in [-0.39, 0.29) is 17.5 Å². The smallest absolute Gasteiger partial charge is 0.406 e. The van der Waals surface area contributed by atoms with Gasteiger partial charge in [0, 0.05) is 17.5 Å². The van der Waals surface area contributed by atoms with E-state index in [9.17, 15) is 13.2 Å². The van der Waals surface area contributed by atoms with Crippen molar-refractivity contribution < 1.29 is 22.4 Å². The lowest BCUT2D eigenvalue weighted by atomic mass is 10.2. The number of nitriles is 1. The second-order valence-corrected chi connectivity index (χ2v) is 6.49. The molecule has 3 heterocycles. The Morgan fingerprint density at radius 3 is 2.65 bits per heavy atom. The van der Waals surface area contributed by atoms with Crippen molar-refractivity contribution in [3.8, 4) is 34.8 Å². The lowest BCUT2D eigenvalue weighted by Crippen LogP contribution is -2.16. The van der Waals surface area contributed by atoms with Crippen LogP contribution in [-0.2, 0) is 6.54 Å². The van der Waals surface area contributed by atoms with Crippen molar-refractivity contribution in [3.63, 3.8) is 0 Å². The molecule has 0 N–H and O–H groups in total. The fraction of sp³-hybridized carbons (Fsp3) is 0.150. The molecule has 0 unspecified atom stereocenters. The number of aromatic nitrogens is 5. The third-order valence-corrected chi connectivity index (χ3v) is 4.24. The first-order chi connectivity index (χ1) is 14.8. The molecule has 3 aromatic heterocycles. The largest absolute Gasteiger partial charge is 0.573 e. The van der Waals surface area contributed by atoms with Crippen molar-refractivity contribution in [2.45, 2.75) is 19.8 Å². The summed E-state index contributed by atoms with van der Waals surface area (Å²) in [6.45, 7) is 2.28. The molecular formula is C20H13F3N6O2. The van der Waals surface area contributed by atoms with Crippen LogP contribution in [0.3, 0.4) is 0 Å². The van der Waals surface area contributed by atoms with Crippen LogP contribution in [0.2, 0.25) is 0 Å². The number of alkyl halides is 3. The summed E-state index contributed by atoms with van der Waals surface area (Å²) in [4.78, 5) is 8.22. The molecular weight excluding hydrogens is 413 g/mol. The van der Waals surface area contributed by atoms with Crippen molar-refractivity contribution >= 4 is 0 Å². The van der Waals surface area contributed by atoms with E-state index in [1.165, 1.54) is 24.3 Å². The van der Waals surface area contributed by atoms with E-state index in [1.54, 1.807) is 29.1 Å². The number of benzene rings is 1. The van der Waals surface area contributed by atoms with Gasteiger partial charge in [-0.25, -0.2) is 4.98 Å². The van der Waals surface area contributed by atoms with E-state index < -0.39 is 6.36 Å². The number of rotatable bonds is 5. The Hall–Kier alpha value is -4.20. The molecule has 0 bridgehead atoms. The van der Waals surface area contributed by atoms with Crippen LogP contribution in [0.15, 0.2) is 53.2 Å². The molecule has 0 amide bonds.